The van der Waals surface area contributed by atoms with E-state index in [9.17, 15) is 18.3 Å². The van der Waals surface area contributed by atoms with Crippen molar-refractivity contribution in [1.82, 2.24) is 19.5 Å². The molecule has 2 rings (SSSR count). The molecule has 0 bridgehead atoms. The number of unbranched alkanes of at least 4 members (excludes halogenated alkanes) is 1. The topological polar surface area (TPSA) is 123 Å². The van der Waals surface area contributed by atoms with Gasteiger partial charge in [0.15, 0.2) is 5.82 Å². The maximum Gasteiger partial charge on any atom is 0.321 e. The molecular formula is C16H22N4O5S. The molecule has 1 aromatic carbocycles. The van der Waals surface area contributed by atoms with Gasteiger partial charge in [-0.15, -0.1) is 0 Å². The minimum Gasteiger partial charge on any atom is -0.486 e. The Labute approximate surface area is 152 Å². The lowest BCUT2D eigenvalue weighted by Gasteiger charge is -2.14. The van der Waals surface area contributed by atoms with Gasteiger partial charge in [-0.2, -0.15) is 9.82 Å². The Morgan fingerprint density at radius 1 is 1.35 bits per heavy atom. The largest absolute Gasteiger partial charge is 0.486 e. The quantitative estimate of drug-likeness (QED) is 0.635. The molecule has 2 N–H and O–H groups in total. The minimum absolute atomic E-state index is 0.0220. The Morgan fingerprint density at radius 3 is 2.58 bits per heavy atom. The number of rotatable bonds is 10. The van der Waals surface area contributed by atoms with E-state index in [1.54, 1.807) is 11.7 Å². The molecule has 0 unspecified atom stereocenters. The van der Waals surface area contributed by atoms with Crippen molar-refractivity contribution in [3.8, 4) is 5.75 Å². The Kier molecular flexibility index (Phi) is 6.70. The third-order valence-corrected chi connectivity index (χ3v) is 5.24. The number of benzene rings is 1. The van der Waals surface area contributed by atoms with E-state index in [1.807, 2.05) is 6.92 Å². The molecule has 0 saturated carbocycles. The fourth-order valence-electron chi connectivity index (χ4n) is 2.21. The van der Waals surface area contributed by atoms with Crippen LogP contribution in [-0.4, -0.2) is 40.3 Å². The normalized spacial score (nSPS) is 12.7. The lowest BCUT2D eigenvalue weighted by atomic mass is 10.1. The van der Waals surface area contributed by atoms with E-state index >= 15 is 0 Å². The number of aromatic nitrogens is 3. The molecular weight excluding hydrogens is 360 g/mol. The van der Waals surface area contributed by atoms with Gasteiger partial charge in [0.25, 0.3) is 0 Å². The summed E-state index contributed by atoms with van der Waals surface area (Å²) in [5.74, 6) is -0.0954. The number of carbonyl (C=O) groups is 1. The predicted octanol–water partition coefficient (Wildman–Crippen LogP) is 1.32. The Hall–Kier alpha value is -2.46. The van der Waals surface area contributed by atoms with Gasteiger partial charge in [-0.05, 0) is 30.7 Å². The standard InChI is InChI=1S/C16H22N4O5S/c1-3-4-5-14(16(21)22)19-26(23,24)13-8-6-12(7-9-13)25-10-15-17-11-18-20(15)2/h6-9,11,14,19H,3-5,10H2,1-2H3,(H,21,22)/t14-/m0/s1. The molecule has 26 heavy (non-hydrogen) atoms. The number of ether oxygens (including phenoxy) is 1. The summed E-state index contributed by atoms with van der Waals surface area (Å²) in [6.45, 7) is 2.10. The van der Waals surface area contributed by atoms with Gasteiger partial charge in [0.05, 0.1) is 4.90 Å². The zero-order valence-corrected chi connectivity index (χ0v) is 15.4. The first-order valence-corrected chi connectivity index (χ1v) is 9.62. The smallest absolute Gasteiger partial charge is 0.321 e. The predicted molar refractivity (Wildman–Crippen MR) is 93.0 cm³/mol. The molecule has 0 fully saturated rings. The van der Waals surface area contributed by atoms with Crippen LogP contribution in [0.15, 0.2) is 35.5 Å². The molecule has 2 aromatic rings. The molecule has 0 aliphatic rings. The van der Waals surface area contributed by atoms with Crippen molar-refractivity contribution < 1.29 is 23.1 Å². The van der Waals surface area contributed by atoms with Crippen LogP contribution in [0.2, 0.25) is 0 Å². The summed E-state index contributed by atoms with van der Waals surface area (Å²) in [4.78, 5) is 15.2. The minimum atomic E-state index is -3.93. The number of hydrogen-bond acceptors (Lipinski definition) is 6. The van der Waals surface area contributed by atoms with Gasteiger partial charge in [0, 0.05) is 7.05 Å². The first-order chi connectivity index (χ1) is 12.3. The number of carboxylic acids is 1. The molecule has 1 heterocycles. The van der Waals surface area contributed by atoms with Crippen molar-refractivity contribution in [1.29, 1.82) is 0 Å². The van der Waals surface area contributed by atoms with E-state index in [1.165, 1.54) is 30.6 Å². The summed E-state index contributed by atoms with van der Waals surface area (Å²) < 4.78 is 34.1. The lowest BCUT2D eigenvalue weighted by Crippen LogP contribution is -2.40. The van der Waals surface area contributed by atoms with E-state index in [4.69, 9.17) is 4.74 Å². The van der Waals surface area contributed by atoms with Crippen LogP contribution >= 0.6 is 0 Å². The maximum absolute atomic E-state index is 12.4. The molecule has 9 nitrogen and oxygen atoms in total. The van der Waals surface area contributed by atoms with Crippen LogP contribution < -0.4 is 9.46 Å². The summed E-state index contributed by atoms with van der Waals surface area (Å²) in [7, 11) is -2.19. The van der Waals surface area contributed by atoms with E-state index in [2.05, 4.69) is 14.8 Å². The number of aryl methyl sites for hydroxylation is 1. The highest BCUT2D eigenvalue weighted by Crippen LogP contribution is 2.17. The van der Waals surface area contributed by atoms with Crippen LogP contribution in [0.3, 0.4) is 0 Å². The van der Waals surface area contributed by atoms with Gasteiger partial charge in [0.2, 0.25) is 10.0 Å². The van der Waals surface area contributed by atoms with Gasteiger partial charge in [-0.1, -0.05) is 19.8 Å². The lowest BCUT2D eigenvalue weighted by molar-refractivity contribution is -0.139. The van der Waals surface area contributed by atoms with Gasteiger partial charge in [-0.25, -0.2) is 13.4 Å². The summed E-state index contributed by atoms with van der Waals surface area (Å²) in [5.41, 5.74) is 0. The molecule has 0 aliphatic heterocycles. The summed E-state index contributed by atoms with van der Waals surface area (Å²) >= 11 is 0. The second-order valence-electron chi connectivity index (χ2n) is 5.71. The van der Waals surface area contributed by atoms with Crippen LogP contribution in [0.5, 0.6) is 5.75 Å². The van der Waals surface area contributed by atoms with Crippen LogP contribution in [0.1, 0.15) is 32.0 Å². The Bertz CT molecular complexity index is 833. The average molecular weight is 382 g/mol. The second-order valence-corrected chi connectivity index (χ2v) is 7.43. The van der Waals surface area contributed by atoms with Gasteiger partial charge < -0.3 is 9.84 Å². The zero-order valence-electron chi connectivity index (χ0n) is 14.6. The third-order valence-electron chi connectivity index (χ3n) is 3.75. The SMILES string of the molecule is CCCC[C@H](NS(=O)(=O)c1ccc(OCc2ncnn2C)cc1)C(=O)O. The molecule has 0 amide bonds. The number of sulfonamides is 1. The van der Waals surface area contributed by atoms with Crippen LogP contribution in [-0.2, 0) is 28.5 Å². The number of carboxylic acid groups (broad SMARTS) is 1. The highest BCUT2D eigenvalue weighted by Gasteiger charge is 2.24. The Balaban J connectivity index is 2.03. The summed E-state index contributed by atoms with van der Waals surface area (Å²) in [5, 5.41) is 13.1. The highest BCUT2D eigenvalue weighted by atomic mass is 32.2. The average Bonchev–Trinajstić information content (AvgIpc) is 3.02. The van der Waals surface area contributed by atoms with Crippen LogP contribution in [0.25, 0.3) is 0 Å². The summed E-state index contributed by atoms with van der Waals surface area (Å²) in [6, 6.07) is 4.60. The number of aliphatic carboxylic acids is 1. The third kappa shape index (κ3) is 5.27. The van der Waals surface area contributed by atoms with Gasteiger partial charge in [0.1, 0.15) is 24.7 Å². The van der Waals surface area contributed by atoms with Crippen molar-refractivity contribution in [3.05, 3.63) is 36.4 Å². The van der Waals surface area contributed by atoms with Gasteiger partial charge >= 0.3 is 5.97 Å². The molecule has 142 valence electrons. The van der Waals surface area contributed by atoms with E-state index < -0.39 is 22.0 Å². The van der Waals surface area contributed by atoms with Crippen molar-refractivity contribution in [3.63, 3.8) is 0 Å². The molecule has 0 aliphatic carbocycles. The molecule has 0 radical (unpaired) electrons. The van der Waals surface area contributed by atoms with Crippen molar-refractivity contribution in [2.75, 3.05) is 0 Å². The fraction of sp³-hybridized carbons (Fsp3) is 0.438. The van der Waals surface area contributed by atoms with E-state index in [0.717, 1.165) is 6.42 Å². The zero-order chi connectivity index (χ0) is 19.2. The molecule has 1 atom stereocenters. The first kappa shape index (κ1) is 19.9. The highest BCUT2D eigenvalue weighted by molar-refractivity contribution is 7.89. The molecule has 1 aromatic heterocycles. The van der Waals surface area contributed by atoms with E-state index in [0.29, 0.717) is 18.0 Å². The number of nitrogens with one attached hydrogen (secondary N) is 1. The van der Waals surface area contributed by atoms with Crippen molar-refractivity contribution >= 4 is 16.0 Å². The number of nitrogens with zero attached hydrogens (tertiary/aromatic N) is 3. The summed E-state index contributed by atoms with van der Waals surface area (Å²) in [6.07, 6.45) is 3.05. The van der Waals surface area contributed by atoms with E-state index in [-0.39, 0.29) is 17.9 Å². The molecule has 10 heteroatoms. The monoisotopic (exact) mass is 382 g/mol. The van der Waals surface area contributed by atoms with Crippen molar-refractivity contribution in [2.24, 2.45) is 7.05 Å². The maximum atomic E-state index is 12.4. The van der Waals surface area contributed by atoms with Crippen molar-refractivity contribution in [2.45, 2.75) is 43.7 Å². The Morgan fingerprint density at radius 2 is 2.04 bits per heavy atom. The van der Waals surface area contributed by atoms with Crippen LogP contribution in [0.4, 0.5) is 0 Å². The molecule has 0 spiro atoms. The molecule has 0 saturated heterocycles. The fourth-order valence-corrected chi connectivity index (χ4v) is 3.43. The first-order valence-electron chi connectivity index (χ1n) is 8.14. The van der Waals surface area contributed by atoms with Gasteiger partial charge in [-0.3, -0.25) is 9.48 Å². The van der Waals surface area contributed by atoms with Crippen LogP contribution in [0, 0.1) is 0 Å². The number of hydrogen-bond donors (Lipinski definition) is 2. The second kappa shape index (κ2) is 8.77.